The van der Waals surface area contributed by atoms with Crippen molar-refractivity contribution in [3.8, 4) is 5.75 Å². The summed E-state index contributed by atoms with van der Waals surface area (Å²) in [6, 6.07) is 6.28. The van der Waals surface area contributed by atoms with Crippen LogP contribution in [0.5, 0.6) is 5.75 Å². The molecule has 0 atom stereocenters. The molecule has 78 valence electrons. The van der Waals surface area contributed by atoms with E-state index in [4.69, 9.17) is 10.5 Å². The molecule has 0 aliphatic rings. The lowest BCUT2D eigenvalue weighted by molar-refractivity contribution is 0.328. The van der Waals surface area contributed by atoms with E-state index in [9.17, 15) is 0 Å². The molecule has 2 nitrogen and oxygen atoms in total. The molecular formula is C12H19NO. The van der Waals surface area contributed by atoms with Crippen LogP contribution in [0.15, 0.2) is 18.2 Å². The fraction of sp³-hybridized carbons (Fsp3) is 0.500. The summed E-state index contributed by atoms with van der Waals surface area (Å²) in [6.45, 7) is 5.50. The second-order valence-electron chi connectivity index (χ2n) is 3.27. The number of hydrogen-bond donors (Lipinski definition) is 1. The minimum Gasteiger partial charge on any atom is -0.492 e. The van der Waals surface area contributed by atoms with E-state index in [0.29, 0.717) is 13.2 Å². The highest BCUT2D eigenvalue weighted by atomic mass is 16.5. The van der Waals surface area contributed by atoms with Crippen molar-refractivity contribution in [3.63, 3.8) is 0 Å². The molecule has 0 heterocycles. The highest BCUT2D eigenvalue weighted by Gasteiger charge is 2.00. The summed E-state index contributed by atoms with van der Waals surface area (Å²) in [5, 5.41) is 0. The molecule has 1 aromatic carbocycles. The molecule has 0 aliphatic carbocycles. The molecule has 0 aromatic heterocycles. The zero-order chi connectivity index (χ0) is 10.4. The Bertz CT molecular complexity index is 284. The van der Waals surface area contributed by atoms with Gasteiger partial charge in [-0.05, 0) is 36.1 Å². The van der Waals surface area contributed by atoms with Crippen LogP contribution in [0, 0.1) is 0 Å². The Hall–Kier alpha value is -1.02. The monoisotopic (exact) mass is 193 g/mol. The molecule has 0 aliphatic heterocycles. The first-order chi connectivity index (χ1) is 6.81. The second kappa shape index (κ2) is 5.66. The third-order valence-corrected chi connectivity index (χ3v) is 2.33. The SMILES string of the molecule is CCc1ccc(OCCN)cc1CC. The summed E-state index contributed by atoms with van der Waals surface area (Å²) in [4.78, 5) is 0. The number of rotatable bonds is 5. The van der Waals surface area contributed by atoms with E-state index in [0.717, 1.165) is 18.6 Å². The van der Waals surface area contributed by atoms with Crippen LogP contribution in [0.25, 0.3) is 0 Å². The van der Waals surface area contributed by atoms with Crippen molar-refractivity contribution >= 4 is 0 Å². The number of nitrogens with two attached hydrogens (primary N) is 1. The van der Waals surface area contributed by atoms with E-state index in [-0.39, 0.29) is 0 Å². The van der Waals surface area contributed by atoms with Crippen LogP contribution in [0.2, 0.25) is 0 Å². The molecule has 0 bridgehead atoms. The van der Waals surface area contributed by atoms with E-state index in [2.05, 4.69) is 26.0 Å². The predicted molar refractivity (Wildman–Crippen MR) is 59.7 cm³/mol. The Balaban J connectivity index is 2.79. The lowest BCUT2D eigenvalue weighted by atomic mass is 10.0. The van der Waals surface area contributed by atoms with Crippen LogP contribution < -0.4 is 10.5 Å². The zero-order valence-corrected chi connectivity index (χ0v) is 9.05. The summed E-state index contributed by atoms with van der Waals surface area (Å²) in [6.07, 6.45) is 2.14. The first-order valence-electron chi connectivity index (χ1n) is 5.26. The van der Waals surface area contributed by atoms with Crippen molar-refractivity contribution in [2.75, 3.05) is 13.2 Å². The van der Waals surface area contributed by atoms with Gasteiger partial charge in [0.2, 0.25) is 0 Å². The van der Waals surface area contributed by atoms with Crippen molar-refractivity contribution in [1.82, 2.24) is 0 Å². The second-order valence-corrected chi connectivity index (χ2v) is 3.27. The third kappa shape index (κ3) is 2.74. The molecule has 2 N–H and O–H groups in total. The van der Waals surface area contributed by atoms with Gasteiger partial charge in [-0.25, -0.2) is 0 Å². The van der Waals surface area contributed by atoms with Gasteiger partial charge in [-0.1, -0.05) is 19.9 Å². The van der Waals surface area contributed by atoms with E-state index in [1.54, 1.807) is 0 Å². The van der Waals surface area contributed by atoms with Crippen LogP contribution in [0.1, 0.15) is 25.0 Å². The topological polar surface area (TPSA) is 35.2 Å². The van der Waals surface area contributed by atoms with Crippen molar-refractivity contribution in [1.29, 1.82) is 0 Å². The number of aryl methyl sites for hydroxylation is 2. The highest BCUT2D eigenvalue weighted by Crippen LogP contribution is 2.18. The van der Waals surface area contributed by atoms with Crippen molar-refractivity contribution in [2.45, 2.75) is 26.7 Å². The summed E-state index contributed by atoms with van der Waals surface area (Å²) in [5.74, 6) is 0.935. The summed E-state index contributed by atoms with van der Waals surface area (Å²) in [5.41, 5.74) is 8.16. The van der Waals surface area contributed by atoms with Crippen LogP contribution in [0.4, 0.5) is 0 Å². The highest BCUT2D eigenvalue weighted by molar-refractivity contribution is 5.35. The van der Waals surface area contributed by atoms with E-state index in [1.165, 1.54) is 11.1 Å². The minimum absolute atomic E-state index is 0.566. The number of ether oxygens (including phenoxy) is 1. The maximum absolute atomic E-state index is 5.47. The van der Waals surface area contributed by atoms with Gasteiger partial charge in [0.05, 0.1) is 0 Å². The molecular weight excluding hydrogens is 174 g/mol. The Morgan fingerprint density at radius 3 is 2.43 bits per heavy atom. The van der Waals surface area contributed by atoms with Gasteiger partial charge >= 0.3 is 0 Å². The molecule has 0 spiro atoms. The van der Waals surface area contributed by atoms with Gasteiger partial charge in [0, 0.05) is 6.54 Å². The molecule has 0 unspecified atom stereocenters. The molecule has 14 heavy (non-hydrogen) atoms. The summed E-state index contributed by atoms with van der Waals surface area (Å²) < 4.78 is 5.47. The van der Waals surface area contributed by atoms with Crippen molar-refractivity contribution in [2.24, 2.45) is 5.73 Å². The van der Waals surface area contributed by atoms with Gasteiger partial charge in [-0.15, -0.1) is 0 Å². The molecule has 1 aromatic rings. The fourth-order valence-corrected chi connectivity index (χ4v) is 1.54. The Morgan fingerprint density at radius 2 is 1.86 bits per heavy atom. The van der Waals surface area contributed by atoms with Gasteiger partial charge in [0.1, 0.15) is 12.4 Å². The maximum Gasteiger partial charge on any atom is 0.119 e. The van der Waals surface area contributed by atoms with Crippen molar-refractivity contribution < 1.29 is 4.74 Å². The van der Waals surface area contributed by atoms with E-state index < -0.39 is 0 Å². The minimum atomic E-state index is 0.566. The van der Waals surface area contributed by atoms with Gasteiger partial charge in [-0.2, -0.15) is 0 Å². The first-order valence-corrected chi connectivity index (χ1v) is 5.26. The fourth-order valence-electron chi connectivity index (χ4n) is 1.54. The quantitative estimate of drug-likeness (QED) is 0.777. The molecule has 1 rings (SSSR count). The van der Waals surface area contributed by atoms with Gasteiger partial charge in [-0.3, -0.25) is 0 Å². The molecule has 0 amide bonds. The largest absolute Gasteiger partial charge is 0.492 e. The molecule has 0 fully saturated rings. The molecule has 2 heteroatoms. The van der Waals surface area contributed by atoms with Crippen LogP contribution in [0.3, 0.4) is 0 Å². The predicted octanol–water partition coefficient (Wildman–Crippen LogP) is 2.15. The smallest absolute Gasteiger partial charge is 0.119 e. The molecule has 0 saturated carbocycles. The van der Waals surface area contributed by atoms with Crippen LogP contribution in [-0.4, -0.2) is 13.2 Å². The Labute approximate surface area is 86.1 Å². The summed E-state index contributed by atoms with van der Waals surface area (Å²) >= 11 is 0. The Kier molecular flexibility index (Phi) is 4.47. The first kappa shape index (κ1) is 11.1. The van der Waals surface area contributed by atoms with E-state index >= 15 is 0 Å². The van der Waals surface area contributed by atoms with Gasteiger partial charge < -0.3 is 10.5 Å². The molecule has 0 saturated heterocycles. The van der Waals surface area contributed by atoms with E-state index in [1.807, 2.05) is 6.07 Å². The van der Waals surface area contributed by atoms with Gasteiger partial charge in [0.15, 0.2) is 0 Å². The van der Waals surface area contributed by atoms with Crippen molar-refractivity contribution in [3.05, 3.63) is 29.3 Å². The average Bonchev–Trinajstić information content (AvgIpc) is 2.25. The zero-order valence-electron chi connectivity index (χ0n) is 9.05. The third-order valence-electron chi connectivity index (χ3n) is 2.33. The Morgan fingerprint density at radius 1 is 1.14 bits per heavy atom. The lowest BCUT2D eigenvalue weighted by Crippen LogP contribution is -2.10. The van der Waals surface area contributed by atoms with Crippen LogP contribution >= 0.6 is 0 Å². The lowest BCUT2D eigenvalue weighted by Gasteiger charge is -2.09. The standard InChI is InChI=1S/C12H19NO/c1-3-10-5-6-12(14-8-7-13)9-11(10)4-2/h5-6,9H,3-4,7-8,13H2,1-2H3. The number of hydrogen-bond acceptors (Lipinski definition) is 2. The molecule has 0 radical (unpaired) electrons. The summed E-state index contributed by atoms with van der Waals surface area (Å²) in [7, 11) is 0. The maximum atomic E-state index is 5.47. The van der Waals surface area contributed by atoms with Crippen LogP contribution in [-0.2, 0) is 12.8 Å². The normalized spacial score (nSPS) is 10.2. The van der Waals surface area contributed by atoms with Gasteiger partial charge in [0.25, 0.3) is 0 Å². The number of benzene rings is 1. The average molecular weight is 193 g/mol.